The first-order chi connectivity index (χ1) is 12.3. The normalized spacial score (nSPS) is 19.0. The van der Waals surface area contributed by atoms with Crippen molar-refractivity contribution in [2.24, 2.45) is 5.14 Å². The van der Waals surface area contributed by atoms with Crippen LogP contribution in [0, 0.1) is 0 Å². The van der Waals surface area contributed by atoms with Gasteiger partial charge in [0.1, 0.15) is 5.75 Å². The van der Waals surface area contributed by atoms with Crippen molar-refractivity contribution in [1.82, 2.24) is 0 Å². The number of benzene rings is 2. The van der Waals surface area contributed by atoms with E-state index in [9.17, 15) is 8.42 Å². The highest BCUT2D eigenvalue weighted by Crippen LogP contribution is 2.38. The third-order valence-corrected chi connectivity index (χ3v) is 5.96. The van der Waals surface area contributed by atoms with Crippen molar-refractivity contribution in [2.75, 3.05) is 11.7 Å². The zero-order valence-corrected chi connectivity index (χ0v) is 15.8. The molecule has 0 saturated carbocycles. The molecule has 0 spiro atoms. The summed E-state index contributed by atoms with van der Waals surface area (Å²) in [6.45, 7) is 3.43. The van der Waals surface area contributed by atoms with Crippen LogP contribution in [0.1, 0.15) is 23.6 Å². The SMILES string of the molecule is C[C@H]1Cc2cc(S(N)(=O)=O)ccc2N1Cc1cc(Cl)cc2c1OCOC2. The molecule has 0 amide bonds. The van der Waals surface area contributed by atoms with Crippen LogP contribution in [-0.2, 0) is 34.3 Å². The Labute approximate surface area is 157 Å². The Morgan fingerprint density at radius 3 is 2.85 bits per heavy atom. The molecule has 138 valence electrons. The molecule has 2 aliphatic heterocycles. The van der Waals surface area contributed by atoms with Gasteiger partial charge < -0.3 is 14.4 Å². The Bertz CT molecular complexity index is 977. The van der Waals surface area contributed by atoms with Crippen LogP contribution < -0.4 is 14.8 Å². The number of hydrogen-bond donors (Lipinski definition) is 1. The summed E-state index contributed by atoms with van der Waals surface area (Å²) in [5.41, 5.74) is 3.91. The minimum atomic E-state index is -3.71. The largest absolute Gasteiger partial charge is 0.467 e. The molecule has 0 fully saturated rings. The first-order valence-electron chi connectivity index (χ1n) is 8.27. The molecule has 0 radical (unpaired) electrons. The highest BCUT2D eigenvalue weighted by molar-refractivity contribution is 7.89. The van der Waals surface area contributed by atoms with E-state index in [0.29, 0.717) is 18.2 Å². The van der Waals surface area contributed by atoms with Gasteiger partial charge in [-0.25, -0.2) is 13.6 Å². The summed E-state index contributed by atoms with van der Waals surface area (Å²) in [6, 6.07) is 9.03. The number of anilines is 1. The second-order valence-corrected chi connectivity index (χ2v) is 8.68. The molecule has 26 heavy (non-hydrogen) atoms. The minimum absolute atomic E-state index is 0.144. The minimum Gasteiger partial charge on any atom is -0.467 e. The molecule has 2 N–H and O–H groups in total. The highest BCUT2D eigenvalue weighted by Gasteiger charge is 2.29. The lowest BCUT2D eigenvalue weighted by molar-refractivity contribution is -0.0170. The Morgan fingerprint density at radius 1 is 1.27 bits per heavy atom. The zero-order valence-electron chi connectivity index (χ0n) is 14.2. The van der Waals surface area contributed by atoms with Gasteiger partial charge in [0.15, 0.2) is 6.79 Å². The maximum Gasteiger partial charge on any atom is 0.238 e. The topological polar surface area (TPSA) is 81.9 Å². The molecule has 8 heteroatoms. The van der Waals surface area contributed by atoms with Crippen LogP contribution in [0.15, 0.2) is 35.2 Å². The third kappa shape index (κ3) is 3.16. The van der Waals surface area contributed by atoms with Gasteiger partial charge in [-0.3, -0.25) is 0 Å². The number of nitrogens with zero attached hydrogens (tertiary/aromatic N) is 1. The Hall–Kier alpha value is -1.80. The van der Waals surface area contributed by atoms with Crippen molar-refractivity contribution in [3.05, 3.63) is 52.0 Å². The molecular formula is C18H19ClN2O4S. The fourth-order valence-corrected chi connectivity index (χ4v) is 4.47. The zero-order chi connectivity index (χ0) is 18.5. The number of nitrogens with two attached hydrogens (primary N) is 1. The summed E-state index contributed by atoms with van der Waals surface area (Å²) in [6.07, 6.45) is 0.755. The maximum absolute atomic E-state index is 11.6. The molecule has 6 nitrogen and oxygen atoms in total. The standard InChI is InChI=1S/C18H19ClN2O4S/c1-11-4-12-7-16(26(20,22)23)2-3-17(12)21(11)8-13-5-15(19)6-14-9-24-10-25-18(13)14/h2-3,5-7,11H,4,8-10H2,1H3,(H2,20,22,23)/t11-/m0/s1. The van der Waals surface area contributed by atoms with Gasteiger partial charge in [0, 0.05) is 34.4 Å². The van der Waals surface area contributed by atoms with E-state index < -0.39 is 10.0 Å². The Kier molecular flexibility index (Phi) is 4.35. The number of ether oxygens (including phenoxy) is 2. The van der Waals surface area contributed by atoms with E-state index in [0.717, 1.165) is 34.5 Å². The summed E-state index contributed by atoms with van der Waals surface area (Å²) >= 11 is 6.26. The maximum atomic E-state index is 11.6. The van der Waals surface area contributed by atoms with Crippen molar-refractivity contribution >= 4 is 27.3 Å². The van der Waals surface area contributed by atoms with E-state index in [1.54, 1.807) is 12.1 Å². The molecular weight excluding hydrogens is 376 g/mol. The summed E-state index contributed by atoms with van der Waals surface area (Å²) in [7, 11) is -3.71. The van der Waals surface area contributed by atoms with Gasteiger partial charge in [-0.15, -0.1) is 0 Å². The van der Waals surface area contributed by atoms with E-state index in [1.807, 2.05) is 18.2 Å². The van der Waals surface area contributed by atoms with Crippen molar-refractivity contribution in [3.8, 4) is 5.75 Å². The van der Waals surface area contributed by atoms with Crippen LogP contribution in [0.4, 0.5) is 5.69 Å². The number of halogens is 1. The molecule has 2 aromatic carbocycles. The number of rotatable bonds is 3. The summed E-state index contributed by atoms with van der Waals surface area (Å²) in [5.74, 6) is 0.822. The van der Waals surface area contributed by atoms with Gasteiger partial charge in [0.25, 0.3) is 0 Å². The molecule has 0 saturated heterocycles. The predicted octanol–water partition coefficient (Wildman–Crippen LogP) is 2.81. The Morgan fingerprint density at radius 2 is 2.08 bits per heavy atom. The van der Waals surface area contributed by atoms with Crippen LogP contribution in [0.5, 0.6) is 5.75 Å². The lowest BCUT2D eigenvalue weighted by Gasteiger charge is -2.28. The first kappa shape index (κ1) is 17.6. The quantitative estimate of drug-likeness (QED) is 0.865. The van der Waals surface area contributed by atoms with Crippen molar-refractivity contribution in [1.29, 1.82) is 0 Å². The number of primary sulfonamides is 1. The van der Waals surface area contributed by atoms with Gasteiger partial charge in [0.05, 0.1) is 11.5 Å². The van der Waals surface area contributed by atoms with E-state index in [-0.39, 0.29) is 17.7 Å². The van der Waals surface area contributed by atoms with E-state index in [2.05, 4.69) is 11.8 Å². The van der Waals surface area contributed by atoms with Crippen LogP contribution in [0.2, 0.25) is 5.02 Å². The summed E-state index contributed by atoms with van der Waals surface area (Å²) in [4.78, 5) is 2.37. The van der Waals surface area contributed by atoms with E-state index in [4.69, 9.17) is 26.2 Å². The summed E-state index contributed by atoms with van der Waals surface area (Å²) < 4.78 is 34.3. The lowest BCUT2D eigenvalue weighted by atomic mass is 10.1. The van der Waals surface area contributed by atoms with Crippen molar-refractivity contribution in [3.63, 3.8) is 0 Å². The number of fused-ring (bicyclic) bond motifs is 2. The van der Waals surface area contributed by atoms with Crippen LogP contribution >= 0.6 is 11.6 Å². The first-order valence-corrected chi connectivity index (χ1v) is 10.2. The van der Waals surface area contributed by atoms with Crippen LogP contribution in [-0.4, -0.2) is 21.3 Å². The molecule has 0 bridgehead atoms. The van der Waals surface area contributed by atoms with Gasteiger partial charge in [0.2, 0.25) is 10.0 Å². The molecule has 0 aliphatic carbocycles. The molecule has 4 rings (SSSR count). The van der Waals surface area contributed by atoms with Crippen LogP contribution in [0.25, 0.3) is 0 Å². The van der Waals surface area contributed by atoms with E-state index in [1.165, 1.54) is 0 Å². The third-order valence-electron chi connectivity index (χ3n) is 4.83. The molecule has 2 heterocycles. The fraction of sp³-hybridized carbons (Fsp3) is 0.333. The molecule has 0 unspecified atom stereocenters. The number of hydrogen-bond acceptors (Lipinski definition) is 5. The van der Waals surface area contributed by atoms with Gasteiger partial charge in [-0.05, 0) is 49.2 Å². The van der Waals surface area contributed by atoms with Gasteiger partial charge in [-0.1, -0.05) is 11.6 Å². The number of sulfonamides is 1. The average molecular weight is 395 g/mol. The van der Waals surface area contributed by atoms with Crippen LogP contribution in [0.3, 0.4) is 0 Å². The van der Waals surface area contributed by atoms with Gasteiger partial charge in [-0.2, -0.15) is 0 Å². The second-order valence-electron chi connectivity index (χ2n) is 6.68. The van der Waals surface area contributed by atoms with E-state index >= 15 is 0 Å². The van der Waals surface area contributed by atoms with Gasteiger partial charge >= 0.3 is 0 Å². The Balaban J connectivity index is 1.70. The highest BCUT2D eigenvalue weighted by atomic mass is 35.5. The van der Waals surface area contributed by atoms with Crippen molar-refractivity contribution in [2.45, 2.75) is 37.4 Å². The van der Waals surface area contributed by atoms with Crippen molar-refractivity contribution < 1.29 is 17.9 Å². The lowest BCUT2D eigenvalue weighted by Crippen LogP contribution is -2.29. The second kappa shape index (κ2) is 6.42. The monoisotopic (exact) mass is 394 g/mol. The predicted molar refractivity (Wildman–Crippen MR) is 98.9 cm³/mol. The smallest absolute Gasteiger partial charge is 0.238 e. The summed E-state index contributed by atoms with van der Waals surface area (Å²) in [5, 5.41) is 5.90. The fourth-order valence-electron chi connectivity index (χ4n) is 3.65. The molecule has 2 aliphatic rings. The molecule has 1 atom stereocenters. The molecule has 2 aromatic rings. The molecule has 0 aromatic heterocycles. The average Bonchev–Trinajstić information content (AvgIpc) is 2.89.